The van der Waals surface area contributed by atoms with Gasteiger partial charge in [0.25, 0.3) is 0 Å². The van der Waals surface area contributed by atoms with Gasteiger partial charge >= 0.3 is 0 Å². The molecule has 0 aromatic carbocycles. The highest BCUT2D eigenvalue weighted by Gasteiger charge is 2.16. The quantitative estimate of drug-likeness (QED) is 0.699. The summed E-state index contributed by atoms with van der Waals surface area (Å²) in [7, 11) is 0. The van der Waals surface area contributed by atoms with E-state index < -0.39 is 11.8 Å². The third-order valence-electron chi connectivity index (χ3n) is 2.53. The highest BCUT2D eigenvalue weighted by Crippen LogP contribution is 2.22. The summed E-state index contributed by atoms with van der Waals surface area (Å²) in [6, 6.07) is 1.36. The number of piperidine rings is 1. The first kappa shape index (κ1) is 9.52. The zero-order valence-corrected chi connectivity index (χ0v) is 7.76. The minimum Gasteiger partial charge on any atom is -0.310 e. The van der Waals surface area contributed by atoms with Crippen LogP contribution >= 0.6 is 0 Å². The summed E-state index contributed by atoms with van der Waals surface area (Å²) >= 11 is 0. The molecule has 14 heavy (non-hydrogen) atoms. The van der Waals surface area contributed by atoms with Crippen LogP contribution < -0.4 is 5.32 Å². The van der Waals surface area contributed by atoms with Crippen molar-refractivity contribution in [2.45, 2.75) is 25.3 Å². The molecule has 1 aliphatic heterocycles. The van der Waals surface area contributed by atoms with Gasteiger partial charge in [0.15, 0.2) is 5.82 Å². The fourth-order valence-electron chi connectivity index (χ4n) is 1.76. The lowest BCUT2D eigenvalue weighted by Gasteiger charge is -2.23. The van der Waals surface area contributed by atoms with Gasteiger partial charge in [-0.3, -0.25) is 0 Å². The molecular weight excluding hydrogens is 186 g/mol. The zero-order valence-electron chi connectivity index (χ0n) is 7.76. The second-order valence-electron chi connectivity index (χ2n) is 3.54. The summed E-state index contributed by atoms with van der Waals surface area (Å²) in [5.74, 6) is -1.89. The minimum atomic E-state index is -1.02. The summed E-state index contributed by atoms with van der Waals surface area (Å²) in [5.41, 5.74) is 0.739. The lowest BCUT2D eigenvalue weighted by Crippen LogP contribution is -2.27. The molecule has 1 aromatic rings. The highest BCUT2D eigenvalue weighted by molar-refractivity contribution is 5.16. The SMILES string of the molecule is Fc1cc([C@@H]2CCCCN2)cnc1F. The Balaban J connectivity index is 2.18. The third-order valence-corrected chi connectivity index (χ3v) is 2.53. The van der Waals surface area contributed by atoms with Crippen LogP contribution in [0.25, 0.3) is 0 Å². The van der Waals surface area contributed by atoms with E-state index in [0.717, 1.165) is 31.4 Å². The van der Waals surface area contributed by atoms with Crippen LogP contribution in [-0.2, 0) is 0 Å². The van der Waals surface area contributed by atoms with Gasteiger partial charge < -0.3 is 5.32 Å². The Morgan fingerprint density at radius 3 is 2.86 bits per heavy atom. The molecule has 1 aliphatic rings. The van der Waals surface area contributed by atoms with Gasteiger partial charge in [-0.25, -0.2) is 9.37 Å². The molecule has 76 valence electrons. The van der Waals surface area contributed by atoms with Crippen molar-refractivity contribution in [3.8, 4) is 0 Å². The number of halogens is 2. The van der Waals surface area contributed by atoms with Gasteiger partial charge in [0.05, 0.1) is 0 Å². The second-order valence-corrected chi connectivity index (χ2v) is 3.54. The van der Waals surface area contributed by atoms with Crippen molar-refractivity contribution in [2.75, 3.05) is 6.54 Å². The first-order valence-corrected chi connectivity index (χ1v) is 4.81. The van der Waals surface area contributed by atoms with Crippen molar-refractivity contribution < 1.29 is 8.78 Å². The molecular formula is C10H12F2N2. The fraction of sp³-hybridized carbons (Fsp3) is 0.500. The van der Waals surface area contributed by atoms with Crippen molar-refractivity contribution in [2.24, 2.45) is 0 Å². The molecule has 0 radical (unpaired) electrons. The van der Waals surface area contributed by atoms with Crippen LogP contribution in [0.1, 0.15) is 30.9 Å². The van der Waals surface area contributed by atoms with Crippen molar-refractivity contribution in [3.63, 3.8) is 0 Å². The van der Waals surface area contributed by atoms with E-state index in [1.807, 2.05) is 0 Å². The van der Waals surface area contributed by atoms with Crippen LogP contribution in [0.3, 0.4) is 0 Å². The Hall–Kier alpha value is -1.03. The predicted molar refractivity (Wildman–Crippen MR) is 48.7 cm³/mol. The Morgan fingerprint density at radius 2 is 2.21 bits per heavy atom. The summed E-state index contributed by atoms with van der Waals surface area (Å²) in [5, 5.41) is 3.25. The summed E-state index contributed by atoms with van der Waals surface area (Å²) < 4.78 is 25.4. The molecule has 1 atom stereocenters. The van der Waals surface area contributed by atoms with E-state index >= 15 is 0 Å². The number of rotatable bonds is 1. The van der Waals surface area contributed by atoms with Crippen LogP contribution in [0.4, 0.5) is 8.78 Å². The molecule has 1 N–H and O–H groups in total. The number of hydrogen-bond donors (Lipinski definition) is 1. The van der Waals surface area contributed by atoms with Gasteiger partial charge in [-0.05, 0) is 31.0 Å². The number of pyridine rings is 1. The van der Waals surface area contributed by atoms with E-state index in [0.29, 0.717) is 0 Å². The molecule has 0 spiro atoms. The Labute approximate surface area is 81.4 Å². The van der Waals surface area contributed by atoms with Gasteiger partial charge in [0, 0.05) is 12.2 Å². The van der Waals surface area contributed by atoms with Crippen molar-refractivity contribution in [1.29, 1.82) is 0 Å². The first-order chi connectivity index (χ1) is 6.77. The van der Waals surface area contributed by atoms with Crippen LogP contribution in [0.15, 0.2) is 12.3 Å². The molecule has 4 heteroatoms. The molecule has 1 aromatic heterocycles. The third kappa shape index (κ3) is 1.90. The highest BCUT2D eigenvalue weighted by atomic mass is 19.2. The van der Waals surface area contributed by atoms with Crippen molar-refractivity contribution in [1.82, 2.24) is 10.3 Å². The summed E-state index contributed by atoms with van der Waals surface area (Å²) in [6.07, 6.45) is 4.64. The zero-order chi connectivity index (χ0) is 9.97. The van der Waals surface area contributed by atoms with Crippen LogP contribution in [0.5, 0.6) is 0 Å². The smallest absolute Gasteiger partial charge is 0.248 e. The molecule has 0 saturated carbocycles. The Bertz CT molecular complexity index is 322. The molecule has 0 amide bonds. The molecule has 2 nitrogen and oxygen atoms in total. The molecule has 2 rings (SSSR count). The first-order valence-electron chi connectivity index (χ1n) is 4.81. The molecule has 1 saturated heterocycles. The Kier molecular flexibility index (Phi) is 2.72. The standard InChI is InChI=1S/C10H12F2N2/c11-8-5-7(6-14-10(8)12)9-3-1-2-4-13-9/h5-6,9,13H,1-4H2/t9-/m0/s1. The molecule has 2 heterocycles. The van der Waals surface area contributed by atoms with Crippen LogP contribution in [-0.4, -0.2) is 11.5 Å². The molecule has 0 unspecified atom stereocenters. The average molecular weight is 198 g/mol. The van der Waals surface area contributed by atoms with Gasteiger partial charge in [0.2, 0.25) is 5.95 Å². The lowest BCUT2D eigenvalue weighted by atomic mass is 9.99. The largest absolute Gasteiger partial charge is 0.310 e. The van der Waals surface area contributed by atoms with Gasteiger partial charge in [0.1, 0.15) is 0 Å². The normalized spacial score (nSPS) is 22.3. The van der Waals surface area contributed by atoms with Gasteiger partial charge in [-0.15, -0.1) is 0 Å². The number of nitrogens with one attached hydrogen (secondary N) is 1. The second kappa shape index (κ2) is 4.00. The molecule has 0 bridgehead atoms. The van der Waals surface area contributed by atoms with E-state index in [-0.39, 0.29) is 6.04 Å². The molecule has 1 fully saturated rings. The van der Waals surface area contributed by atoms with E-state index in [4.69, 9.17) is 0 Å². The van der Waals surface area contributed by atoms with E-state index in [1.54, 1.807) is 0 Å². The van der Waals surface area contributed by atoms with Crippen LogP contribution in [0.2, 0.25) is 0 Å². The Morgan fingerprint density at radius 1 is 1.36 bits per heavy atom. The van der Waals surface area contributed by atoms with E-state index in [9.17, 15) is 8.78 Å². The maximum atomic E-state index is 12.9. The number of nitrogens with zero attached hydrogens (tertiary/aromatic N) is 1. The number of aromatic nitrogens is 1. The average Bonchev–Trinajstić information content (AvgIpc) is 2.23. The van der Waals surface area contributed by atoms with E-state index in [2.05, 4.69) is 10.3 Å². The van der Waals surface area contributed by atoms with Gasteiger partial charge in [-0.2, -0.15) is 4.39 Å². The molecule has 0 aliphatic carbocycles. The van der Waals surface area contributed by atoms with E-state index in [1.165, 1.54) is 12.3 Å². The van der Waals surface area contributed by atoms with Crippen molar-refractivity contribution >= 4 is 0 Å². The van der Waals surface area contributed by atoms with Crippen molar-refractivity contribution in [3.05, 3.63) is 29.6 Å². The van der Waals surface area contributed by atoms with Crippen LogP contribution in [0, 0.1) is 11.8 Å². The maximum absolute atomic E-state index is 12.9. The fourth-order valence-corrected chi connectivity index (χ4v) is 1.76. The summed E-state index contributed by atoms with van der Waals surface area (Å²) in [4.78, 5) is 3.37. The topological polar surface area (TPSA) is 24.9 Å². The maximum Gasteiger partial charge on any atom is 0.248 e. The monoisotopic (exact) mass is 198 g/mol. The minimum absolute atomic E-state index is 0.131. The lowest BCUT2D eigenvalue weighted by molar-refractivity contribution is 0.405. The van der Waals surface area contributed by atoms with Gasteiger partial charge in [-0.1, -0.05) is 6.42 Å². The predicted octanol–water partition coefficient (Wildman–Crippen LogP) is 2.17. The number of hydrogen-bond acceptors (Lipinski definition) is 2. The summed E-state index contributed by atoms with van der Waals surface area (Å²) in [6.45, 7) is 0.934.